The number of benzene rings is 1. The summed E-state index contributed by atoms with van der Waals surface area (Å²) in [5, 5.41) is 3.75. The van der Waals surface area contributed by atoms with Crippen molar-refractivity contribution < 1.29 is 17.7 Å². The predicted molar refractivity (Wildman–Crippen MR) is 103 cm³/mol. The van der Waals surface area contributed by atoms with Crippen LogP contribution < -0.4 is 10.1 Å². The number of unbranched alkanes of at least 4 members (excludes halogenated alkanes) is 4. The summed E-state index contributed by atoms with van der Waals surface area (Å²) in [5.74, 6) is 0.990. The molecule has 1 aliphatic rings. The van der Waals surface area contributed by atoms with Crippen LogP contribution in [-0.2, 0) is 16.5 Å². The van der Waals surface area contributed by atoms with E-state index in [1.54, 1.807) is 7.11 Å². The number of hydrogen-bond donors (Lipinski definition) is 2. The third-order valence-electron chi connectivity index (χ3n) is 4.34. The van der Waals surface area contributed by atoms with E-state index in [0.29, 0.717) is 12.3 Å². The van der Waals surface area contributed by atoms with Gasteiger partial charge >= 0.3 is 0 Å². The Kier molecular flexibility index (Phi) is 10.1. The zero-order chi connectivity index (χ0) is 18.7. The van der Waals surface area contributed by atoms with Crippen LogP contribution >= 0.6 is 0 Å². The number of rotatable bonds is 8. The van der Waals surface area contributed by atoms with Crippen molar-refractivity contribution in [2.24, 2.45) is 0 Å². The minimum absolute atomic E-state index is 0.552. The van der Waals surface area contributed by atoms with E-state index in [1.165, 1.54) is 62.5 Å². The molecule has 0 aliphatic heterocycles. The van der Waals surface area contributed by atoms with Gasteiger partial charge in [0, 0.05) is 6.04 Å². The lowest BCUT2D eigenvalue weighted by atomic mass is 9.87. The van der Waals surface area contributed by atoms with Crippen molar-refractivity contribution in [3.05, 3.63) is 29.3 Å². The minimum atomic E-state index is -3.67. The van der Waals surface area contributed by atoms with Gasteiger partial charge in [0.1, 0.15) is 5.75 Å². The predicted octanol–water partition coefficient (Wildman–Crippen LogP) is 4.14. The largest absolute Gasteiger partial charge is 0.497 e. The van der Waals surface area contributed by atoms with E-state index in [-0.39, 0.29) is 0 Å². The molecule has 2 rings (SSSR count). The zero-order valence-corrected chi connectivity index (χ0v) is 16.6. The fourth-order valence-electron chi connectivity index (χ4n) is 3.13. The van der Waals surface area contributed by atoms with Crippen molar-refractivity contribution in [1.29, 1.82) is 0 Å². The van der Waals surface area contributed by atoms with E-state index >= 15 is 0 Å². The molecule has 2 N–H and O–H groups in total. The normalized spacial score (nSPS) is 16.6. The van der Waals surface area contributed by atoms with Crippen molar-refractivity contribution in [3.63, 3.8) is 0 Å². The van der Waals surface area contributed by atoms with Crippen molar-refractivity contribution in [1.82, 2.24) is 5.32 Å². The van der Waals surface area contributed by atoms with Crippen molar-refractivity contribution >= 4 is 10.1 Å². The monoisotopic (exact) mass is 371 g/mol. The second-order valence-electron chi connectivity index (χ2n) is 6.61. The summed E-state index contributed by atoms with van der Waals surface area (Å²) in [6, 6.07) is 7.11. The van der Waals surface area contributed by atoms with Crippen LogP contribution in [-0.4, -0.2) is 32.9 Å². The first-order chi connectivity index (χ1) is 11.8. The summed E-state index contributed by atoms with van der Waals surface area (Å²) >= 11 is 0. The topological polar surface area (TPSA) is 75.6 Å². The van der Waals surface area contributed by atoms with Crippen LogP contribution in [0.1, 0.15) is 69.0 Å². The lowest BCUT2D eigenvalue weighted by Crippen LogP contribution is -2.26. The van der Waals surface area contributed by atoms with Crippen LogP contribution in [0.4, 0.5) is 0 Å². The molecule has 1 atom stereocenters. The van der Waals surface area contributed by atoms with Gasteiger partial charge in [0.2, 0.25) is 0 Å². The summed E-state index contributed by atoms with van der Waals surface area (Å²) in [6.07, 6.45) is 11.2. The molecule has 1 aromatic carbocycles. The van der Waals surface area contributed by atoms with E-state index in [1.807, 2.05) is 0 Å². The highest BCUT2D eigenvalue weighted by Gasteiger charge is 2.19. The lowest BCUT2D eigenvalue weighted by Gasteiger charge is -2.27. The Balaban J connectivity index is 0.000000550. The average Bonchev–Trinajstić information content (AvgIpc) is 2.56. The highest BCUT2D eigenvalue weighted by atomic mass is 32.2. The number of aryl methyl sites for hydroxylation is 1. The molecular formula is C19H33NO4S. The molecule has 1 unspecified atom stereocenters. The van der Waals surface area contributed by atoms with Gasteiger partial charge in [-0.05, 0) is 55.5 Å². The van der Waals surface area contributed by atoms with Crippen LogP contribution in [0.3, 0.4) is 0 Å². The molecule has 5 nitrogen and oxygen atoms in total. The Hall–Kier alpha value is -1.11. The molecule has 1 aromatic rings. The van der Waals surface area contributed by atoms with Gasteiger partial charge in [-0.2, -0.15) is 8.42 Å². The number of nitrogens with one attached hydrogen (secondary N) is 1. The summed E-state index contributed by atoms with van der Waals surface area (Å²) in [4.78, 5) is 0. The van der Waals surface area contributed by atoms with Gasteiger partial charge < -0.3 is 10.1 Å². The smallest absolute Gasteiger partial charge is 0.261 e. The second-order valence-corrected chi connectivity index (χ2v) is 8.08. The Bertz CT molecular complexity index is 593. The van der Waals surface area contributed by atoms with Gasteiger partial charge in [-0.25, -0.2) is 0 Å². The van der Waals surface area contributed by atoms with Crippen LogP contribution in [0.25, 0.3) is 0 Å². The molecule has 0 radical (unpaired) electrons. The van der Waals surface area contributed by atoms with Gasteiger partial charge in [-0.3, -0.25) is 4.55 Å². The van der Waals surface area contributed by atoms with Crippen LogP contribution in [0.5, 0.6) is 5.75 Å². The van der Waals surface area contributed by atoms with Crippen LogP contribution in [0.15, 0.2) is 18.2 Å². The molecule has 0 saturated heterocycles. The zero-order valence-electron chi connectivity index (χ0n) is 15.8. The van der Waals surface area contributed by atoms with Crippen molar-refractivity contribution in [2.75, 3.05) is 19.9 Å². The molecule has 0 amide bonds. The molecule has 25 heavy (non-hydrogen) atoms. The van der Waals surface area contributed by atoms with Crippen LogP contribution in [0.2, 0.25) is 0 Å². The van der Waals surface area contributed by atoms with Crippen molar-refractivity contribution in [2.45, 2.75) is 64.3 Å². The molecule has 0 spiro atoms. The number of ether oxygens (including phenoxy) is 1. The van der Waals surface area contributed by atoms with E-state index < -0.39 is 10.1 Å². The first-order valence-corrected chi connectivity index (χ1v) is 11.0. The van der Waals surface area contributed by atoms with Gasteiger partial charge in [0.05, 0.1) is 13.4 Å². The lowest BCUT2D eigenvalue weighted by molar-refractivity contribution is 0.410. The van der Waals surface area contributed by atoms with E-state index in [0.717, 1.165) is 12.3 Å². The van der Waals surface area contributed by atoms with Gasteiger partial charge in [0.15, 0.2) is 0 Å². The first kappa shape index (κ1) is 21.9. The van der Waals surface area contributed by atoms with E-state index in [4.69, 9.17) is 9.29 Å². The maximum atomic E-state index is 9.19. The summed E-state index contributed by atoms with van der Waals surface area (Å²) in [5.41, 5.74) is 2.96. The van der Waals surface area contributed by atoms with Crippen molar-refractivity contribution in [3.8, 4) is 5.75 Å². The Morgan fingerprint density at radius 2 is 1.92 bits per heavy atom. The molecule has 144 valence electrons. The SMILES string of the molecule is CCCCCCCNC1CCCc2cc(OC)ccc21.CS(=O)(=O)O. The third kappa shape index (κ3) is 9.82. The average molecular weight is 372 g/mol. The quantitative estimate of drug-likeness (QED) is 0.531. The summed E-state index contributed by atoms with van der Waals surface area (Å²) in [7, 11) is -1.92. The highest BCUT2D eigenvalue weighted by Crippen LogP contribution is 2.32. The van der Waals surface area contributed by atoms with Gasteiger partial charge in [0.25, 0.3) is 10.1 Å². The van der Waals surface area contributed by atoms with Gasteiger partial charge in [-0.15, -0.1) is 0 Å². The standard InChI is InChI=1S/C18H29NO.CH4O3S/c1-3-4-5-6-7-13-19-18-10-8-9-15-14-16(20-2)11-12-17(15)18;1-5(2,3)4/h11-12,14,18-19H,3-10,13H2,1-2H3;1H3,(H,2,3,4). The summed E-state index contributed by atoms with van der Waals surface area (Å²) < 4.78 is 31.2. The van der Waals surface area contributed by atoms with Gasteiger partial charge in [-0.1, -0.05) is 38.7 Å². The third-order valence-corrected chi connectivity index (χ3v) is 4.34. The fourth-order valence-corrected chi connectivity index (χ4v) is 3.13. The first-order valence-electron chi connectivity index (χ1n) is 9.17. The Morgan fingerprint density at radius 3 is 2.56 bits per heavy atom. The summed E-state index contributed by atoms with van der Waals surface area (Å²) in [6.45, 7) is 3.42. The molecule has 0 bridgehead atoms. The molecule has 6 heteroatoms. The molecular weight excluding hydrogens is 338 g/mol. The minimum Gasteiger partial charge on any atom is -0.497 e. The number of fused-ring (bicyclic) bond motifs is 1. The second kappa shape index (κ2) is 11.5. The molecule has 0 saturated carbocycles. The maximum absolute atomic E-state index is 9.19. The molecule has 0 fully saturated rings. The number of hydrogen-bond acceptors (Lipinski definition) is 4. The molecule has 1 aliphatic carbocycles. The Labute approximate surface area is 152 Å². The van der Waals surface area contributed by atoms with E-state index in [2.05, 4.69) is 30.4 Å². The Morgan fingerprint density at radius 1 is 1.24 bits per heavy atom. The van der Waals surface area contributed by atoms with Crippen LogP contribution in [0, 0.1) is 0 Å². The highest BCUT2D eigenvalue weighted by molar-refractivity contribution is 7.85. The number of methoxy groups -OCH3 is 1. The molecule has 0 heterocycles. The molecule has 0 aromatic heterocycles. The fraction of sp³-hybridized carbons (Fsp3) is 0.684. The van der Waals surface area contributed by atoms with E-state index in [9.17, 15) is 8.42 Å². The maximum Gasteiger partial charge on any atom is 0.261 e.